The lowest BCUT2D eigenvalue weighted by Crippen LogP contribution is -2.56. The van der Waals surface area contributed by atoms with E-state index in [1.165, 1.54) is 13.2 Å². The standard InChI is InChI=1S/C14H18FN3O4/c1-21-13-7-10(18(19)20)6-12(15)14(13)17-4-2-16(3-5-17)11-8-22-9-11/h6-7,11H,2-5,8-9H2,1H3. The molecule has 0 saturated carbocycles. The number of halogens is 1. The fourth-order valence-corrected chi connectivity index (χ4v) is 2.87. The monoisotopic (exact) mass is 311 g/mol. The summed E-state index contributed by atoms with van der Waals surface area (Å²) in [5.74, 6) is -0.418. The van der Waals surface area contributed by atoms with Gasteiger partial charge in [0.05, 0.1) is 43.4 Å². The summed E-state index contributed by atoms with van der Waals surface area (Å²) >= 11 is 0. The largest absolute Gasteiger partial charge is 0.494 e. The van der Waals surface area contributed by atoms with Crippen LogP contribution in [-0.4, -0.2) is 62.4 Å². The molecule has 7 nitrogen and oxygen atoms in total. The Morgan fingerprint density at radius 2 is 2.00 bits per heavy atom. The van der Waals surface area contributed by atoms with Gasteiger partial charge in [0, 0.05) is 26.2 Å². The lowest BCUT2D eigenvalue weighted by Gasteiger charge is -2.43. The van der Waals surface area contributed by atoms with Crippen LogP contribution in [0.1, 0.15) is 0 Å². The minimum atomic E-state index is -0.621. The Morgan fingerprint density at radius 1 is 1.32 bits per heavy atom. The maximum atomic E-state index is 14.3. The first-order chi connectivity index (χ1) is 10.6. The summed E-state index contributed by atoms with van der Waals surface area (Å²) in [5, 5.41) is 10.8. The van der Waals surface area contributed by atoms with Crippen LogP contribution in [0.2, 0.25) is 0 Å². The summed E-state index contributed by atoms with van der Waals surface area (Å²) in [4.78, 5) is 14.4. The predicted octanol–water partition coefficient (Wildman–Crippen LogP) is 1.26. The molecule has 0 atom stereocenters. The van der Waals surface area contributed by atoms with E-state index < -0.39 is 10.7 Å². The Hall–Kier alpha value is -1.93. The lowest BCUT2D eigenvalue weighted by atomic mass is 10.1. The lowest BCUT2D eigenvalue weighted by molar-refractivity contribution is -0.385. The van der Waals surface area contributed by atoms with Crippen LogP contribution in [0.4, 0.5) is 15.8 Å². The van der Waals surface area contributed by atoms with Crippen molar-refractivity contribution in [2.24, 2.45) is 0 Å². The summed E-state index contributed by atoms with van der Waals surface area (Å²) in [6, 6.07) is 2.68. The van der Waals surface area contributed by atoms with Gasteiger partial charge in [-0.05, 0) is 0 Å². The van der Waals surface area contributed by atoms with Crippen molar-refractivity contribution in [2.45, 2.75) is 6.04 Å². The zero-order chi connectivity index (χ0) is 15.7. The number of rotatable bonds is 4. The minimum absolute atomic E-state index is 0.201. The van der Waals surface area contributed by atoms with E-state index in [2.05, 4.69) is 4.90 Å². The van der Waals surface area contributed by atoms with Gasteiger partial charge in [-0.1, -0.05) is 0 Å². The normalized spacial score (nSPS) is 19.8. The molecule has 0 unspecified atom stereocenters. The second kappa shape index (κ2) is 6.05. The highest BCUT2D eigenvalue weighted by molar-refractivity contribution is 5.63. The van der Waals surface area contributed by atoms with Crippen molar-refractivity contribution in [2.75, 3.05) is 51.4 Å². The molecule has 1 aromatic rings. The third-order valence-corrected chi connectivity index (χ3v) is 4.21. The van der Waals surface area contributed by atoms with Gasteiger partial charge in [0.15, 0.2) is 11.6 Å². The van der Waals surface area contributed by atoms with Gasteiger partial charge >= 0.3 is 0 Å². The van der Waals surface area contributed by atoms with Gasteiger partial charge in [-0.15, -0.1) is 0 Å². The van der Waals surface area contributed by atoms with Gasteiger partial charge in [0.1, 0.15) is 5.69 Å². The third kappa shape index (κ3) is 2.71. The Kier molecular flexibility index (Phi) is 4.12. The SMILES string of the molecule is COc1cc([N+](=O)[O-])cc(F)c1N1CCN(C2COC2)CC1. The number of benzene rings is 1. The first kappa shape index (κ1) is 15.0. The molecule has 1 aromatic carbocycles. The van der Waals surface area contributed by atoms with Crippen LogP contribution < -0.4 is 9.64 Å². The molecule has 22 heavy (non-hydrogen) atoms. The molecule has 0 amide bonds. The third-order valence-electron chi connectivity index (χ3n) is 4.21. The van der Waals surface area contributed by atoms with Crippen molar-refractivity contribution in [3.8, 4) is 5.75 Å². The van der Waals surface area contributed by atoms with Crippen LogP contribution in [0, 0.1) is 15.9 Å². The first-order valence-electron chi connectivity index (χ1n) is 7.19. The van der Waals surface area contributed by atoms with E-state index in [4.69, 9.17) is 9.47 Å². The molecule has 2 aliphatic rings. The summed E-state index contributed by atoms with van der Waals surface area (Å²) in [7, 11) is 1.39. The number of nitrogens with zero attached hydrogens (tertiary/aromatic N) is 3. The number of hydrogen-bond donors (Lipinski definition) is 0. The smallest absolute Gasteiger partial charge is 0.276 e. The number of nitro groups is 1. The molecule has 0 radical (unpaired) electrons. The summed E-state index contributed by atoms with van der Waals surface area (Å²) in [5.41, 5.74) is 0.000891. The molecule has 0 aliphatic carbocycles. The van der Waals surface area contributed by atoms with Crippen LogP contribution >= 0.6 is 0 Å². The highest BCUT2D eigenvalue weighted by Gasteiger charge is 2.31. The summed E-state index contributed by atoms with van der Waals surface area (Å²) < 4.78 is 24.7. The van der Waals surface area contributed by atoms with E-state index in [0.717, 1.165) is 32.4 Å². The fraction of sp³-hybridized carbons (Fsp3) is 0.571. The molecule has 0 aromatic heterocycles. The Balaban J connectivity index is 1.78. The van der Waals surface area contributed by atoms with Crippen LogP contribution in [0.15, 0.2) is 12.1 Å². The molecule has 2 aliphatic heterocycles. The van der Waals surface area contributed by atoms with E-state index in [9.17, 15) is 14.5 Å². The number of nitro benzene ring substituents is 1. The van der Waals surface area contributed by atoms with Crippen LogP contribution in [-0.2, 0) is 4.74 Å². The van der Waals surface area contributed by atoms with Crippen molar-refractivity contribution in [1.82, 2.24) is 4.90 Å². The molecule has 2 heterocycles. The van der Waals surface area contributed by atoms with E-state index in [-0.39, 0.29) is 11.4 Å². The van der Waals surface area contributed by atoms with E-state index in [0.29, 0.717) is 24.8 Å². The Morgan fingerprint density at radius 3 is 2.50 bits per heavy atom. The van der Waals surface area contributed by atoms with Crippen molar-refractivity contribution >= 4 is 11.4 Å². The van der Waals surface area contributed by atoms with Gasteiger partial charge in [-0.2, -0.15) is 0 Å². The molecule has 120 valence electrons. The van der Waals surface area contributed by atoms with Crippen LogP contribution in [0.25, 0.3) is 0 Å². The highest BCUT2D eigenvalue weighted by atomic mass is 19.1. The summed E-state index contributed by atoms with van der Waals surface area (Å²) in [6.45, 7) is 4.45. The van der Waals surface area contributed by atoms with E-state index in [1.54, 1.807) is 0 Å². The van der Waals surface area contributed by atoms with Crippen molar-refractivity contribution < 1.29 is 18.8 Å². The molecule has 0 spiro atoms. The number of anilines is 1. The number of ether oxygens (including phenoxy) is 2. The Labute approximate surface area is 127 Å². The van der Waals surface area contributed by atoms with Crippen LogP contribution in [0.5, 0.6) is 5.75 Å². The van der Waals surface area contributed by atoms with Crippen molar-refractivity contribution in [3.05, 3.63) is 28.1 Å². The average Bonchev–Trinajstić information content (AvgIpc) is 2.45. The molecule has 0 N–H and O–H groups in total. The quantitative estimate of drug-likeness (QED) is 0.616. The number of methoxy groups -OCH3 is 1. The predicted molar refractivity (Wildman–Crippen MR) is 78.0 cm³/mol. The zero-order valence-corrected chi connectivity index (χ0v) is 12.3. The molecular weight excluding hydrogens is 293 g/mol. The van der Waals surface area contributed by atoms with Gasteiger partial charge < -0.3 is 14.4 Å². The maximum absolute atomic E-state index is 14.3. The van der Waals surface area contributed by atoms with E-state index >= 15 is 0 Å². The van der Waals surface area contributed by atoms with Crippen molar-refractivity contribution in [3.63, 3.8) is 0 Å². The van der Waals surface area contributed by atoms with Gasteiger partial charge in [0.25, 0.3) is 5.69 Å². The molecule has 0 bridgehead atoms. The number of piperazine rings is 1. The van der Waals surface area contributed by atoms with E-state index in [1.807, 2.05) is 4.90 Å². The molecule has 8 heteroatoms. The van der Waals surface area contributed by atoms with Gasteiger partial charge in [-0.3, -0.25) is 15.0 Å². The fourth-order valence-electron chi connectivity index (χ4n) is 2.87. The first-order valence-corrected chi connectivity index (χ1v) is 7.19. The number of non-ortho nitro benzene ring substituents is 1. The zero-order valence-electron chi connectivity index (χ0n) is 12.3. The second-order valence-corrected chi connectivity index (χ2v) is 5.45. The molecule has 2 saturated heterocycles. The number of hydrogen-bond acceptors (Lipinski definition) is 6. The molecular formula is C14H18FN3O4. The summed E-state index contributed by atoms with van der Waals surface area (Å²) in [6.07, 6.45) is 0. The van der Waals surface area contributed by atoms with Crippen LogP contribution in [0.3, 0.4) is 0 Å². The van der Waals surface area contributed by atoms with Crippen molar-refractivity contribution in [1.29, 1.82) is 0 Å². The average molecular weight is 311 g/mol. The topological polar surface area (TPSA) is 68.1 Å². The second-order valence-electron chi connectivity index (χ2n) is 5.45. The molecule has 2 fully saturated rings. The van der Waals surface area contributed by atoms with Gasteiger partial charge in [-0.25, -0.2) is 4.39 Å². The van der Waals surface area contributed by atoms with Gasteiger partial charge in [0.2, 0.25) is 0 Å². The maximum Gasteiger partial charge on any atom is 0.276 e. The minimum Gasteiger partial charge on any atom is -0.494 e. The molecule has 3 rings (SSSR count). The highest BCUT2D eigenvalue weighted by Crippen LogP contribution is 2.36. The Bertz CT molecular complexity index is 571.